The molecule has 6 nitrogen and oxygen atoms in total. The predicted octanol–water partition coefficient (Wildman–Crippen LogP) is 4.01. The molecule has 0 bridgehead atoms. The van der Waals surface area contributed by atoms with E-state index in [4.69, 9.17) is 4.74 Å². The van der Waals surface area contributed by atoms with Crippen LogP contribution in [-0.2, 0) is 6.42 Å². The molecule has 0 atom stereocenters. The van der Waals surface area contributed by atoms with E-state index >= 15 is 0 Å². The lowest BCUT2D eigenvalue weighted by Gasteiger charge is -2.34. The van der Waals surface area contributed by atoms with Crippen LogP contribution < -0.4 is 9.64 Å². The van der Waals surface area contributed by atoms with Crippen LogP contribution in [-0.4, -0.2) is 47.1 Å². The molecule has 3 heterocycles. The summed E-state index contributed by atoms with van der Waals surface area (Å²) in [6.45, 7) is 6.73. The van der Waals surface area contributed by atoms with Crippen LogP contribution in [0.1, 0.15) is 22.5 Å². The maximum Gasteiger partial charge on any atom is 0.415 e. The van der Waals surface area contributed by atoms with Crippen molar-refractivity contribution < 1.29 is 9.53 Å². The number of carbonyl (C=O) groups excluding carboxylic acids is 1. The Balaban J connectivity index is 1.29. The highest BCUT2D eigenvalue weighted by Gasteiger charge is 2.23. The second-order valence-corrected chi connectivity index (χ2v) is 7.63. The number of aryl methyl sites for hydroxylation is 2. The number of carbonyl (C=O) groups is 1. The van der Waals surface area contributed by atoms with Gasteiger partial charge in [0.1, 0.15) is 11.6 Å². The first-order chi connectivity index (χ1) is 14.6. The minimum Gasteiger partial charge on any atom is -0.410 e. The van der Waals surface area contributed by atoms with Gasteiger partial charge in [0.05, 0.1) is 0 Å². The number of aromatic nitrogens is 2. The van der Waals surface area contributed by atoms with Crippen LogP contribution in [0.3, 0.4) is 0 Å². The summed E-state index contributed by atoms with van der Waals surface area (Å²) in [6, 6.07) is 17.8. The number of pyridine rings is 2. The lowest BCUT2D eigenvalue weighted by molar-refractivity contribution is 0.149. The minimum absolute atomic E-state index is 0.306. The van der Waals surface area contributed by atoms with Crippen LogP contribution in [0, 0.1) is 13.8 Å². The summed E-state index contributed by atoms with van der Waals surface area (Å²) in [4.78, 5) is 25.5. The molecular formula is C24H26N4O2. The van der Waals surface area contributed by atoms with Crippen molar-refractivity contribution in [2.75, 3.05) is 31.1 Å². The number of nitrogens with zero attached hydrogens (tertiary/aromatic N) is 4. The third-order valence-electron chi connectivity index (χ3n) is 5.22. The number of hydrogen-bond donors (Lipinski definition) is 0. The summed E-state index contributed by atoms with van der Waals surface area (Å²) in [5.74, 6) is 1.51. The van der Waals surface area contributed by atoms with E-state index in [0.29, 0.717) is 18.8 Å². The van der Waals surface area contributed by atoms with Gasteiger partial charge in [-0.1, -0.05) is 24.3 Å². The van der Waals surface area contributed by atoms with Gasteiger partial charge >= 0.3 is 6.09 Å². The van der Waals surface area contributed by atoms with Crippen molar-refractivity contribution in [3.8, 4) is 5.75 Å². The van der Waals surface area contributed by atoms with Gasteiger partial charge in [-0.25, -0.2) is 9.78 Å². The molecule has 0 N–H and O–H groups in total. The normalized spacial score (nSPS) is 13.9. The second kappa shape index (κ2) is 8.95. The van der Waals surface area contributed by atoms with E-state index in [2.05, 4.69) is 20.9 Å². The average molecular weight is 402 g/mol. The highest BCUT2D eigenvalue weighted by Crippen LogP contribution is 2.18. The molecule has 0 aliphatic carbocycles. The number of ether oxygens (including phenoxy) is 1. The van der Waals surface area contributed by atoms with E-state index < -0.39 is 0 Å². The molecule has 0 unspecified atom stereocenters. The fourth-order valence-electron chi connectivity index (χ4n) is 3.51. The fourth-order valence-corrected chi connectivity index (χ4v) is 3.51. The fraction of sp³-hybridized carbons (Fsp3) is 0.292. The zero-order valence-electron chi connectivity index (χ0n) is 17.4. The van der Waals surface area contributed by atoms with Gasteiger partial charge in [-0.2, -0.15) is 0 Å². The molecule has 4 rings (SSSR count). The van der Waals surface area contributed by atoms with Crippen molar-refractivity contribution in [3.63, 3.8) is 0 Å². The Kier molecular flexibility index (Phi) is 5.93. The third-order valence-corrected chi connectivity index (χ3v) is 5.22. The Morgan fingerprint density at radius 2 is 1.73 bits per heavy atom. The van der Waals surface area contributed by atoms with Crippen LogP contribution >= 0.6 is 0 Å². The van der Waals surface area contributed by atoms with Crippen molar-refractivity contribution >= 4 is 11.9 Å². The summed E-state index contributed by atoms with van der Waals surface area (Å²) in [6.07, 6.45) is 2.32. The molecule has 1 fully saturated rings. The number of hydrogen-bond acceptors (Lipinski definition) is 5. The number of rotatable bonds is 4. The third kappa shape index (κ3) is 4.95. The predicted molar refractivity (Wildman–Crippen MR) is 117 cm³/mol. The van der Waals surface area contributed by atoms with Gasteiger partial charge in [-0.05, 0) is 55.3 Å². The lowest BCUT2D eigenvalue weighted by atomic mass is 10.1. The van der Waals surface area contributed by atoms with Crippen molar-refractivity contribution in [2.24, 2.45) is 0 Å². The minimum atomic E-state index is -0.306. The maximum atomic E-state index is 12.5. The zero-order valence-corrected chi connectivity index (χ0v) is 17.4. The van der Waals surface area contributed by atoms with Gasteiger partial charge in [-0.15, -0.1) is 0 Å². The first-order valence-electron chi connectivity index (χ1n) is 10.2. The molecule has 154 valence electrons. The largest absolute Gasteiger partial charge is 0.415 e. The molecule has 30 heavy (non-hydrogen) atoms. The SMILES string of the molecule is Cc1ccc(N2CCN(C(=O)Oc3ccc(Cc4cccc(C)n4)cc3)CC2)nc1. The molecule has 1 aliphatic rings. The van der Waals surface area contributed by atoms with Crippen molar-refractivity contribution in [2.45, 2.75) is 20.3 Å². The smallest absolute Gasteiger partial charge is 0.410 e. The average Bonchev–Trinajstić information content (AvgIpc) is 2.76. The monoisotopic (exact) mass is 402 g/mol. The zero-order chi connectivity index (χ0) is 20.9. The lowest BCUT2D eigenvalue weighted by Crippen LogP contribution is -2.49. The van der Waals surface area contributed by atoms with Crippen molar-refractivity contribution in [3.05, 3.63) is 83.3 Å². The van der Waals surface area contributed by atoms with Gasteiger partial charge < -0.3 is 14.5 Å². The molecule has 0 saturated carbocycles. The van der Waals surface area contributed by atoms with Gasteiger partial charge in [-0.3, -0.25) is 4.98 Å². The molecule has 0 radical (unpaired) electrons. The van der Waals surface area contributed by atoms with E-state index in [1.54, 1.807) is 4.90 Å². The molecular weight excluding hydrogens is 376 g/mol. The maximum absolute atomic E-state index is 12.5. The number of amides is 1. The van der Waals surface area contributed by atoms with Gasteiger partial charge in [0.15, 0.2) is 0 Å². The van der Waals surface area contributed by atoms with Crippen LogP contribution in [0.2, 0.25) is 0 Å². The van der Waals surface area contributed by atoms with Gasteiger partial charge in [0.25, 0.3) is 0 Å². The Bertz CT molecular complexity index is 994. The van der Waals surface area contributed by atoms with E-state index in [9.17, 15) is 4.79 Å². The van der Waals surface area contributed by atoms with Crippen LogP contribution in [0.4, 0.5) is 10.6 Å². The van der Waals surface area contributed by atoms with Crippen molar-refractivity contribution in [1.29, 1.82) is 0 Å². The van der Waals surface area contributed by atoms with Gasteiger partial charge in [0, 0.05) is 50.2 Å². The Labute approximate surface area is 177 Å². The molecule has 1 amide bonds. The summed E-state index contributed by atoms with van der Waals surface area (Å²) in [7, 11) is 0. The Morgan fingerprint density at radius 3 is 2.40 bits per heavy atom. The molecule has 2 aromatic heterocycles. The van der Waals surface area contributed by atoms with E-state index in [-0.39, 0.29) is 6.09 Å². The molecule has 1 aliphatic heterocycles. The number of benzene rings is 1. The standard InChI is InChI=1S/C24H26N4O2/c1-18-6-11-23(25-17-18)27-12-14-28(15-13-27)24(29)30-22-9-7-20(8-10-22)16-21-5-3-4-19(2)26-21/h3-11,17H,12-16H2,1-2H3. The quantitative estimate of drug-likeness (QED) is 0.660. The van der Waals surface area contributed by atoms with E-state index in [0.717, 1.165) is 47.8 Å². The highest BCUT2D eigenvalue weighted by molar-refractivity contribution is 5.71. The summed E-state index contributed by atoms with van der Waals surface area (Å²) in [5.41, 5.74) is 4.31. The summed E-state index contributed by atoms with van der Waals surface area (Å²) in [5, 5.41) is 0. The van der Waals surface area contributed by atoms with Crippen molar-refractivity contribution in [1.82, 2.24) is 14.9 Å². The first kappa shape index (κ1) is 19.9. The molecule has 6 heteroatoms. The van der Waals surface area contributed by atoms with E-state index in [1.165, 1.54) is 0 Å². The van der Waals surface area contributed by atoms with Crippen LogP contribution in [0.25, 0.3) is 0 Å². The second-order valence-electron chi connectivity index (χ2n) is 7.63. The van der Waals surface area contributed by atoms with Crippen LogP contribution in [0.15, 0.2) is 60.8 Å². The Hall–Kier alpha value is -3.41. The van der Waals surface area contributed by atoms with Gasteiger partial charge in [0.2, 0.25) is 0 Å². The Morgan fingerprint density at radius 1 is 0.967 bits per heavy atom. The molecule has 1 aromatic carbocycles. The topological polar surface area (TPSA) is 58.6 Å². The highest BCUT2D eigenvalue weighted by atomic mass is 16.6. The number of piperazine rings is 1. The van der Waals surface area contributed by atoms with E-state index in [1.807, 2.05) is 68.6 Å². The molecule has 1 saturated heterocycles. The van der Waals surface area contributed by atoms with Crippen LogP contribution in [0.5, 0.6) is 5.75 Å². The molecule has 0 spiro atoms. The molecule has 3 aromatic rings. The number of anilines is 1. The first-order valence-corrected chi connectivity index (χ1v) is 10.2. The summed E-state index contributed by atoms with van der Waals surface area (Å²) < 4.78 is 5.57. The summed E-state index contributed by atoms with van der Waals surface area (Å²) >= 11 is 0.